The molecule has 0 fully saturated rings. The third-order valence-electron chi connectivity index (χ3n) is 3.60. The summed E-state index contributed by atoms with van der Waals surface area (Å²) in [5, 5.41) is 8.72. The average Bonchev–Trinajstić information content (AvgIpc) is 3.00. The highest BCUT2D eigenvalue weighted by atomic mass is 19.1. The molecule has 0 saturated heterocycles. The van der Waals surface area contributed by atoms with E-state index in [1.807, 2.05) is 12.1 Å². The predicted molar refractivity (Wildman–Crippen MR) is 68.6 cm³/mol. The van der Waals surface area contributed by atoms with Crippen LogP contribution in [0.25, 0.3) is 11.3 Å². The molecule has 96 valence electrons. The molecule has 1 aliphatic rings. The minimum Gasteiger partial charge on any atom is -0.232 e. The standard InChI is InChI=1S/C15H15FN3/c16-13-6-4-12(5-7-13)14-11-18(9-2-8-17)15-3-1-10-19(14)15/h4-7,11H,1-3,9-10H2/q+1. The molecular formula is C15H15FN3+. The number of aromatic nitrogens is 2. The highest BCUT2D eigenvalue weighted by Crippen LogP contribution is 2.24. The fraction of sp³-hybridized carbons (Fsp3) is 0.333. The molecule has 3 rings (SSSR count). The van der Waals surface area contributed by atoms with Gasteiger partial charge in [-0.05, 0) is 30.7 Å². The third kappa shape index (κ3) is 2.12. The van der Waals surface area contributed by atoms with Crippen molar-refractivity contribution < 1.29 is 8.96 Å². The van der Waals surface area contributed by atoms with Crippen molar-refractivity contribution in [3.05, 3.63) is 42.1 Å². The zero-order valence-corrected chi connectivity index (χ0v) is 10.6. The van der Waals surface area contributed by atoms with Gasteiger partial charge in [-0.2, -0.15) is 5.26 Å². The second-order valence-electron chi connectivity index (χ2n) is 4.79. The Hall–Kier alpha value is -2.15. The number of fused-ring (bicyclic) bond motifs is 1. The lowest BCUT2D eigenvalue weighted by molar-refractivity contribution is -0.701. The second-order valence-corrected chi connectivity index (χ2v) is 4.79. The van der Waals surface area contributed by atoms with Gasteiger partial charge < -0.3 is 0 Å². The van der Waals surface area contributed by atoms with Crippen molar-refractivity contribution in [2.45, 2.75) is 32.4 Å². The molecule has 0 bridgehead atoms. The predicted octanol–water partition coefficient (Wildman–Crippen LogP) is 2.44. The second kappa shape index (κ2) is 4.85. The number of nitrogens with zero attached hydrogens (tertiary/aromatic N) is 3. The molecule has 0 radical (unpaired) electrons. The number of benzene rings is 1. The SMILES string of the molecule is N#CCC[n+]1cc(-c2ccc(F)cc2)n2c1CCC2. The van der Waals surface area contributed by atoms with Crippen LogP contribution in [0.5, 0.6) is 0 Å². The molecule has 0 aliphatic carbocycles. The van der Waals surface area contributed by atoms with Crippen LogP contribution < -0.4 is 4.57 Å². The van der Waals surface area contributed by atoms with Crippen molar-refractivity contribution in [2.24, 2.45) is 0 Å². The van der Waals surface area contributed by atoms with E-state index in [0.717, 1.165) is 37.2 Å². The minimum absolute atomic E-state index is 0.214. The van der Waals surface area contributed by atoms with Gasteiger partial charge in [0.05, 0.1) is 25.5 Å². The van der Waals surface area contributed by atoms with Gasteiger partial charge in [0, 0.05) is 5.56 Å². The van der Waals surface area contributed by atoms with E-state index in [-0.39, 0.29) is 5.82 Å². The van der Waals surface area contributed by atoms with Crippen LogP contribution in [0.3, 0.4) is 0 Å². The summed E-state index contributed by atoms with van der Waals surface area (Å²) in [6.45, 7) is 1.73. The van der Waals surface area contributed by atoms with Crippen molar-refractivity contribution in [1.82, 2.24) is 4.57 Å². The van der Waals surface area contributed by atoms with Crippen molar-refractivity contribution in [1.29, 1.82) is 5.26 Å². The van der Waals surface area contributed by atoms with Crippen molar-refractivity contribution in [3.63, 3.8) is 0 Å². The lowest BCUT2D eigenvalue weighted by Gasteiger charge is -1.98. The van der Waals surface area contributed by atoms with Crippen molar-refractivity contribution in [3.8, 4) is 17.3 Å². The summed E-state index contributed by atoms with van der Waals surface area (Å²) in [6, 6.07) is 8.78. The van der Waals surface area contributed by atoms with Crippen LogP contribution in [0.1, 0.15) is 18.7 Å². The highest BCUT2D eigenvalue weighted by Gasteiger charge is 2.28. The molecule has 19 heavy (non-hydrogen) atoms. The fourth-order valence-corrected chi connectivity index (χ4v) is 2.72. The lowest BCUT2D eigenvalue weighted by Crippen LogP contribution is -2.35. The van der Waals surface area contributed by atoms with Gasteiger partial charge in [0.25, 0.3) is 5.82 Å². The summed E-state index contributed by atoms with van der Waals surface area (Å²) in [5.74, 6) is 1.06. The van der Waals surface area contributed by atoms with Gasteiger partial charge >= 0.3 is 0 Å². The molecule has 2 aromatic rings. The molecular weight excluding hydrogens is 241 g/mol. The van der Waals surface area contributed by atoms with Gasteiger partial charge in [-0.25, -0.2) is 13.5 Å². The summed E-state index contributed by atoms with van der Waals surface area (Å²) < 4.78 is 17.4. The molecule has 0 amide bonds. The molecule has 3 nitrogen and oxygen atoms in total. The number of aryl methyl sites for hydroxylation is 1. The number of rotatable bonds is 3. The zero-order valence-electron chi connectivity index (χ0n) is 10.6. The van der Waals surface area contributed by atoms with Crippen LogP contribution >= 0.6 is 0 Å². The fourth-order valence-electron chi connectivity index (χ4n) is 2.72. The van der Waals surface area contributed by atoms with E-state index >= 15 is 0 Å². The topological polar surface area (TPSA) is 32.6 Å². The van der Waals surface area contributed by atoms with Crippen molar-refractivity contribution >= 4 is 0 Å². The first-order valence-electron chi connectivity index (χ1n) is 6.54. The molecule has 1 aromatic carbocycles. The molecule has 0 saturated carbocycles. The minimum atomic E-state index is -0.214. The Kier molecular flexibility index (Phi) is 3.04. The molecule has 0 atom stereocenters. The van der Waals surface area contributed by atoms with Gasteiger partial charge in [-0.1, -0.05) is 0 Å². The van der Waals surface area contributed by atoms with E-state index in [2.05, 4.69) is 21.4 Å². The Morgan fingerprint density at radius 1 is 1.32 bits per heavy atom. The quantitative estimate of drug-likeness (QED) is 0.776. The monoisotopic (exact) mass is 256 g/mol. The molecule has 1 aliphatic heterocycles. The average molecular weight is 256 g/mol. The highest BCUT2D eigenvalue weighted by molar-refractivity contribution is 5.58. The first-order chi connectivity index (χ1) is 9.29. The maximum atomic E-state index is 13.0. The van der Waals surface area contributed by atoms with Crippen LogP contribution in [-0.2, 0) is 19.5 Å². The van der Waals surface area contributed by atoms with E-state index in [4.69, 9.17) is 5.26 Å². The van der Waals surface area contributed by atoms with E-state index < -0.39 is 0 Å². The van der Waals surface area contributed by atoms with E-state index in [0.29, 0.717) is 6.42 Å². The van der Waals surface area contributed by atoms with E-state index in [1.165, 1.54) is 18.0 Å². The summed E-state index contributed by atoms with van der Waals surface area (Å²) >= 11 is 0. The first kappa shape index (κ1) is 11.9. The van der Waals surface area contributed by atoms with Gasteiger partial charge in [-0.3, -0.25) is 0 Å². The molecule has 0 N–H and O–H groups in total. The normalized spacial score (nSPS) is 13.3. The van der Waals surface area contributed by atoms with Crippen LogP contribution in [-0.4, -0.2) is 4.57 Å². The molecule has 2 heterocycles. The maximum absolute atomic E-state index is 13.0. The Labute approximate surface area is 111 Å². The first-order valence-corrected chi connectivity index (χ1v) is 6.54. The summed E-state index contributed by atoms with van der Waals surface area (Å²) in [5.41, 5.74) is 2.14. The van der Waals surface area contributed by atoms with E-state index in [9.17, 15) is 4.39 Å². The molecule has 1 aromatic heterocycles. The summed E-state index contributed by atoms with van der Waals surface area (Å²) in [4.78, 5) is 0. The Balaban J connectivity index is 2.02. The van der Waals surface area contributed by atoms with Crippen LogP contribution in [0.2, 0.25) is 0 Å². The Bertz CT molecular complexity index is 635. The van der Waals surface area contributed by atoms with E-state index in [1.54, 1.807) is 0 Å². The summed E-state index contributed by atoms with van der Waals surface area (Å²) in [7, 11) is 0. The van der Waals surface area contributed by atoms with Gasteiger partial charge in [0.1, 0.15) is 18.6 Å². The van der Waals surface area contributed by atoms with Crippen LogP contribution in [0.4, 0.5) is 4.39 Å². The van der Waals surface area contributed by atoms with Crippen LogP contribution in [0, 0.1) is 17.1 Å². The van der Waals surface area contributed by atoms with Gasteiger partial charge in [0.15, 0.2) is 5.69 Å². The number of hydrogen-bond donors (Lipinski definition) is 0. The number of halogens is 1. The zero-order chi connectivity index (χ0) is 13.2. The third-order valence-corrected chi connectivity index (χ3v) is 3.60. The van der Waals surface area contributed by atoms with Crippen LogP contribution in [0.15, 0.2) is 30.5 Å². The summed E-state index contributed by atoms with van der Waals surface area (Å²) in [6.07, 6.45) is 4.78. The number of hydrogen-bond acceptors (Lipinski definition) is 1. The largest absolute Gasteiger partial charge is 0.257 e. The lowest BCUT2D eigenvalue weighted by atomic mass is 10.1. The molecule has 0 unspecified atom stereocenters. The molecule has 4 heteroatoms. The van der Waals surface area contributed by atoms with Gasteiger partial charge in [0.2, 0.25) is 0 Å². The Morgan fingerprint density at radius 2 is 2.11 bits per heavy atom. The van der Waals surface area contributed by atoms with Gasteiger partial charge in [-0.15, -0.1) is 0 Å². The maximum Gasteiger partial charge on any atom is 0.257 e. The Morgan fingerprint density at radius 3 is 2.84 bits per heavy atom. The van der Waals surface area contributed by atoms with Crippen molar-refractivity contribution in [2.75, 3.05) is 0 Å². The number of imidazole rings is 1. The smallest absolute Gasteiger partial charge is 0.232 e. The number of nitriles is 1. The molecule has 0 spiro atoms.